The quantitative estimate of drug-likeness (QED) is 0.787. The molecule has 0 saturated heterocycles. The number of methoxy groups -OCH3 is 1. The number of hydrogen-bond donors (Lipinski definition) is 2. The first-order valence-electron chi connectivity index (χ1n) is 7.41. The summed E-state index contributed by atoms with van der Waals surface area (Å²) in [7, 11) is 1.70. The summed E-state index contributed by atoms with van der Waals surface area (Å²) in [6.45, 7) is 0.566. The fraction of sp³-hybridized carbons (Fsp3) is 0.562. The van der Waals surface area contributed by atoms with Crippen LogP contribution in [-0.2, 0) is 9.47 Å². The van der Waals surface area contributed by atoms with Crippen molar-refractivity contribution < 1.29 is 19.4 Å². The van der Waals surface area contributed by atoms with E-state index in [2.05, 4.69) is 5.32 Å². The van der Waals surface area contributed by atoms with Crippen LogP contribution in [0, 0.1) is 0 Å². The van der Waals surface area contributed by atoms with Crippen molar-refractivity contribution >= 4 is 11.7 Å². The molecule has 5 heteroatoms. The zero-order valence-corrected chi connectivity index (χ0v) is 12.4. The van der Waals surface area contributed by atoms with Crippen molar-refractivity contribution in [2.75, 3.05) is 25.6 Å². The van der Waals surface area contributed by atoms with Crippen molar-refractivity contribution in [3.05, 3.63) is 29.8 Å². The van der Waals surface area contributed by atoms with E-state index in [1.807, 2.05) is 12.1 Å². The maximum Gasteiger partial charge on any atom is 0.338 e. The Bertz CT molecular complexity index is 446. The first kappa shape index (κ1) is 15.8. The van der Waals surface area contributed by atoms with Gasteiger partial charge in [0.15, 0.2) is 0 Å². The lowest BCUT2D eigenvalue weighted by Crippen LogP contribution is -2.29. The Labute approximate surface area is 125 Å². The second kappa shape index (κ2) is 8.00. The molecule has 0 radical (unpaired) electrons. The molecule has 2 atom stereocenters. The fourth-order valence-corrected chi connectivity index (χ4v) is 2.57. The normalized spacial score (nSPS) is 21.8. The van der Waals surface area contributed by atoms with Crippen molar-refractivity contribution in [1.29, 1.82) is 0 Å². The number of ether oxygens (including phenoxy) is 2. The number of aliphatic hydroxyl groups is 1. The minimum Gasteiger partial charge on any atom is -0.459 e. The predicted molar refractivity (Wildman–Crippen MR) is 80.5 cm³/mol. The third kappa shape index (κ3) is 4.72. The lowest BCUT2D eigenvalue weighted by Gasteiger charge is -2.27. The van der Waals surface area contributed by atoms with E-state index in [9.17, 15) is 4.79 Å². The molecule has 0 aliphatic heterocycles. The van der Waals surface area contributed by atoms with E-state index < -0.39 is 0 Å². The van der Waals surface area contributed by atoms with Gasteiger partial charge in [-0.15, -0.1) is 0 Å². The zero-order chi connectivity index (χ0) is 15.1. The Kier molecular flexibility index (Phi) is 6.02. The number of nitrogens with one attached hydrogen (secondary N) is 1. The van der Waals surface area contributed by atoms with Crippen LogP contribution in [0.5, 0.6) is 0 Å². The van der Waals surface area contributed by atoms with Crippen LogP contribution in [0.15, 0.2) is 24.3 Å². The van der Waals surface area contributed by atoms with Crippen LogP contribution in [0.3, 0.4) is 0 Å². The van der Waals surface area contributed by atoms with Crippen LogP contribution in [0.4, 0.5) is 5.69 Å². The van der Waals surface area contributed by atoms with Gasteiger partial charge in [-0.1, -0.05) is 0 Å². The summed E-state index contributed by atoms with van der Waals surface area (Å²) in [6, 6.07) is 7.09. The van der Waals surface area contributed by atoms with E-state index in [1.54, 1.807) is 19.2 Å². The molecule has 0 spiro atoms. The average molecular weight is 293 g/mol. The summed E-state index contributed by atoms with van der Waals surface area (Å²) >= 11 is 0. The van der Waals surface area contributed by atoms with Crippen LogP contribution in [-0.4, -0.2) is 43.5 Å². The van der Waals surface area contributed by atoms with E-state index in [0.29, 0.717) is 12.1 Å². The molecular weight excluding hydrogens is 270 g/mol. The summed E-state index contributed by atoms with van der Waals surface area (Å²) in [6.07, 6.45) is 3.89. The SMILES string of the molecule is COC1CCCC(OC(=O)c2ccc(NCCO)cc2)C1. The molecule has 1 aromatic rings. The molecule has 21 heavy (non-hydrogen) atoms. The van der Waals surface area contributed by atoms with Crippen LogP contribution in [0.2, 0.25) is 0 Å². The molecular formula is C16H23NO4. The third-order valence-corrected chi connectivity index (χ3v) is 3.75. The molecule has 1 aliphatic carbocycles. The first-order chi connectivity index (χ1) is 10.2. The zero-order valence-electron chi connectivity index (χ0n) is 12.4. The van der Waals surface area contributed by atoms with Gasteiger partial charge in [0, 0.05) is 25.8 Å². The van der Waals surface area contributed by atoms with Crippen molar-refractivity contribution in [2.24, 2.45) is 0 Å². The van der Waals surface area contributed by atoms with E-state index in [1.165, 1.54) is 0 Å². The van der Waals surface area contributed by atoms with Crippen molar-refractivity contribution in [1.82, 2.24) is 0 Å². The third-order valence-electron chi connectivity index (χ3n) is 3.75. The van der Waals surface area contributed by atoms with Gasteiger partial charge in [0.05, 0.1) is 18.3 Å². The molecule has 2 N–H and O–H groups in total. The molecule has 5 nitrogen and oxygen atoms in total. The second-order valence-corrected chi connectivity index (χ2v) is 5.28. The largest absolute Gasteiger partial charge is 0.459 e. The summed E-state index contributed by atoms with van der Waals surface area (Å²) < 4.78 is 10.9. The molecule has 0 heterocycles. The number of anilines is 1. The minimum absolute atomic E-state index is 0.0524. The molecule has 0 amide bonds. The smallest absolute Gasteiger partial charge is 0.338 e. The molecule has 0 bridgehead atoms. The van der Waals surface area contributed by atoms with Gasteiger partial charge in [-0.2, -0.15) is 0 Å². The molecule has 116 valence electrons. The second-order valence-electron chi connectivity index (χ2n) is 5.28. The van der Waals surface area contributed by atoms with Gasteiger partial charge in [0.1, 0.15) is 6.10 Å². The van der Waals surface area contributed by atoms with Crippen molar-refractivity contribution in [3.63, 3.8) is 0 Å². The lowest BCUT2D eigenvalue weighted by atomic mass is 9.95. The standard InChI is InChI=1S/C16H23NO4/c1-20-14-3-2-4-15(11-14)21-16(19)12-5-7-13(8-6-12)17-9-10-18/h5-8,14-15,17-18H,2-4,9-11H2,1H3. The molecule has 2 unspecified atom stereocenters. The molecule has 1 aromatic carbocycles. The minimum atomic E-state index is -0.287. The Morgan fingerprint density at radius 1 is 1.29 bits per heavy atom. The van der Waals surface area contributed by atoms with Gasteiger partial charge in [-0.25, -0.2) is 4.79 Å². The van der Waals surface area contributed by atoms with Gasteiger partial charge >= 0.3 is 5.97 Å². The molecule has 2 rings (SSSR count). The number of benzene rings is 1. The number of aliphatic hydroxyl groups excluding tert-OH is 1. The van der Waals surface area contributed by atoms with Gasteiger partial charge in [0.25, 0.3) is 0 Å². The van der Waals surface area contributed by atoms with Crippen LogP contribution >= 0.6 is 0 Å². The number of esters is 1. The lowest BCUT2D eigenvalue weighted by molar-refractivity contribution is -0.0149. The Hall–Kier alpha value is -1.59. The number of hydrogen-bond acceptors (Lipinski definition) is 5. The maximum atomic E-state index is 12.1. The number of carbonyl (C=O) groups is 1. The van der Waals surface area contributed by atoms with Crippen molar-refractivity contribution in [3.8, 4) is 0 Å². The molecule has 1 saturated carbocycles. The summed E-state index contributed by atoms with van der Waals surface area (Å²) in [5.41, 5.74) is 1.42. The molecule has 0 aromatic heterocycles. The Balaban J connectivity index is 1.87. The molecule has 1 fully saturated rings. The van der Waals surface area contributed by atoms with Gasteiger partial charge in [-0.05, 0) is 43.5 Å². The summed E-state index contributed by atoms with van der Waals surface area (Å²) in [5, 5.41) is 11.8. The molecule has 1 aliphatic rings. The van der Waals surface area contributed by atoms with E-state index in [0.717, 1.165) is 31.4 Å². The van der Waals surface area contributed by atoms with Crippen LogP contribution in [0.1, 0.15) is 36.0 Å². The highest BCUT2D eigenvalue weighted by Gasteiger charge is 2.25. The summed E-state index contributed by atoms with van der Waals surface area (Å²) in [4.78, 5) is 12.1. The Morgan fingerprint density at radius 2 is 2.00 bits per heavy atom. The topological polar surface area (TPSA) is 67.8 Å². The monoisotopic (exact) mass is 293 g/mol. The Morgan fingerprint density at radius 3 is 2.67 bits per heavy atom. The summed E-state index contributed by atoms with van der Waals surface area (Å²) in [5.74, 6) is -0.287. The number of carbonyl (C=O) groups excluding carboxylic acids is 1. The van der Waals surface area contributed by atoms with E-state index in [-0.39, 0.29) is 24.8 Å². The van der Waals surface area contributed by atoms with Gasteiger partial charge in [-0.3, -0.25) is 0 Å². The van der Waals surface area contributed by atoms with Gasteiger partial charge < -0.3 is 19.9 Å². The first-order valence-corrected chi connectivity index (χ1v) is 7.41. The number of rotatable bonds is 6. The van der Waals surface area contributed by atoms with Gasteiger partial charge in [0.2, 0.25) is 0 Å². The predicted octanol–water partition coefficient (Wildman–Crippen LogP) is 2.21. The highest BCUT2D eigenvalue weighted by atomic mass is 16.5. The highest BCUT2D eigenvalue weighted by molar-refractivity contribution is 5.89. The van der Waals surface area contributed by atoms with E-state index in [4.69, 9.17) is 14.6 Å². The van der Waals surface area contributed by atoms with E-state index >= 15 is 0 Å². The van der Waals surface area contributed by atoms with Crippen LogP contribution in [0.25, 0.3) is 0 Å². The van der Waals surface area contributed by atoms with Crippen molar-refractivity contribution in [2.45, 2.75) is 37.9 Å². The average Bonchev–Trinajstić information content (AvgIpc) is 2.53. The maximum absolute atomic E-state index is 12.1. The highest BCUT2D eigenvalue weighted by Crippen LogP contribution is 2.24. The van der Waals surface area contributed by atoms with Crippen LogP contribution < -0.4 is 5.32 Å². The fourth-order valence-electron chi connectivity index (χ4n) is 2.57.